The highest BCUT2D eigenvalue weighted by molar-refractivity contribution is 7.90. The van der Waals surface area contributed by atoms with Crippen molar-refractivity contribution in [1.29, 1.82) is 0 Å². The van der Waals surface area contributed by atoms with Gasteiger partial charge >= 0.3 is 0 Å². The Labute approximate surface area is 103 Å². The van der Waals surface area contributed by atoms with Crippen molar-refractivity contribution in [2.75, 3.05) is 5.88 Å². The number of amides is 1. The van der Waals surface area contributed by atoms with E-state index in [4.69, 9.17) is 17.3 Å². The fourth-order valence-electron chi connectivity index (χ4n) is 1.42. The van der Waals surface area contributed by atoms with Gasteiger partial charge in [-0.05, 0) is 18.2 Å². The van der Waals surface area contributed by atoms with Gasteiger partial charge in [0.25, 0.3) is 15.9 Å². The molecule has 0 atom stereocenters. The summed E-state index contributed by atoms with van der Waals surface area (Å²) in [6, 6.07) is 4.16. The zero-order chi connectivity index (χ0) is 12.6. The van der Waals surface area contributed by atoms with Crippen LogP contribution in [0.2, 0.25) is 0 Å². The average Bonchev–Trinajstić information content (AvgIpc) is 2.49. The summed E-state index contributed by atoms with van der Waals surface area (Å²) < 4.78 is 24.9. The van der Waals surface area contributed by atoms with Gasteiger partial charge in [0.1, 0.15) is 10.7 Å². The Kier molecular flexibility index (Phi) is 2.80. The van der Waals surface area contributed by atoms with E-state index < -0.39 is 15.9 Å². The van der Waals surface area contributed by atoms with Crippen LogP contribution in [0.5, 0.6) is 0 Å². The van der Waals surface area contributed by atoms with Crippen LogP contribution in [-0.4, -0.2) is 26.0 Å². The topological polar surface area (TPSA) is 102 Å². The predicted molar refractivity (Wildman–Crippen MR) is 63.1 cm³/mol. The van der Waals surface area contributed by atoms with Gasteiger partial charge in [-0.1, -0.05) is 0 Å². The van der Waals surface area contributed by atoms with Crippen LogP contribution in [-0.2, 0) is 10.0 Å². The lowest BCUT2D eigenvalue weighted by Crippen LogP contribution is -2.20. The molecule has 0 saturated carbocycles. The third-order valence-corrected chi connectivity index (χ3v) is 3.78. The Morgan fingerprint density at radius 1 is 1.47 bits per heavy atom. The Morgan fingerprint density at radius 3 is 2.82 bits per heavy atom. The summed E-state index contributed by atoms with van der Waals surface area (Å²) in [5, 5.41) is 0. The number of nitrogens with one attached hydrogen (secondary N) is 1. The molecule has 8 heteroatoms. The van der Waals surface area contributed by atoms with E-state index >= 15 is 0 Å². The van der Waals surface area contributed by atoms with Crippen molar-refractivity contribution in [2.24, 2.45) is 10.7 Å². The van der Waals surface area contributed by atoms with Crippen molar-refractivity contribution in [1.82, 2.24) is 4.72 Å². The highest BCUT2D eigenvalue weighted by Crippen LogP contribution is 2.26. The quantitative estimate of drug-likeness (QED) is 0.461. The van der Waals surface area contributed by atoms with Gasteiger partial charge in [0.05, 0.1) is 17.1 Å². The number of nitrogens with two attached hydrogens (primary N) is 1. The van der Waals surface area contributed by atoms with Gasteiger partial charge in [0.15, 0.2) is 0 Å². The maximum atomic E-state index is 11.5. The molecule has 0 unspecified atom stereocenters. The largest absolute Gasteiger partial charge is 0.386 e. The lowest BCUT2D eigenvalue weighted by Gasteiger charge is -1.99. The van der Waals surface area contributed by atoms with Gasteiger partial charge in [-0.25, -0.2) is 18.1 Å². The summed E-state index contributed by atoms with van der Waals surface area (Å²) in [7, 11) is -3.76. The predicted octanol–water partition coefficient (Wildman–Crippen LogP) is 0.346. The number of benzene rings is 1. The number of alkyl halides is 1. The van der Waals surface area contributed by atoms with Crippen LogP contribution in [0.4, 0.5) is 5.69 Å². The van der Waals surface area contributed by atoms with Crippen molar-refractivity contribution < 1.29 is 13.2 Å². The van der Waals surface area contributed by atoms with Gasteiger partial charge in [-0.2, -0.15) is 0 Å². The number of nitrogens with zero attached hydrogens (tertiary/aromatic N) is 1. The Bertz CT molecular complexity index is 624. The first-order valence-corrected chi connectivity index (χ1v) is 6.56. The van der Waals surface area contributed by atoms with Crippen molar-refractivity contribution in [3.05, 3.63) is 23.8 Å². The van der Waals surface area contributed by atoms with Crippen molar-refractivity contribution in [2.45, 2.75) is 4.90 Å². The number of hydrogen-bond donors (Lipinski definition) is 2. The van der Waals surface area contributed by atoms with Crippen molar-refractivity contribution in [3.8, 4) is 0 Å². The molecule has 1 aromatic carbocycles. The van der Waals surface area contributed by atoms with E-state index in [0.29, 0.717) is 5.69 Å². The van der Waals surface area contributed by atoms with Gasteiger partial charge in [-0.15, -0.1) is 11.6 Å². The molecule has 0 saturated heterocycles. The normalized spacial score (nSPS) is 17.7. The van der Waals surface area contributed by atoms with Crippen LogP contribution in [0.15, 0.2) is 28.1 Å². The van der Waals surface area contributed by atoms with Gasteiger partial charge < -0.3 is 5.73 Å². The minimum absolute atomic E-state index is 0.0427. The molecule has 0 bridgehead atoms. The number of amidine groups is 1. The molecule has 1 aliphatic heterocycles. The standard InChI is InChI=1S/C9H8ClN3O3S/c10-4-8(11)12-5-1-2-6-7(3-5)17(15,16)13-9(6)14/h1-3H,4H2,(H2,11,12)(H,13,14). The van der Waals surface area contributed by atoms with Gasteiger partial charge in [-0.3, -0.25) is 4.79 Å². The van der Waals surface area contributed by atoms with E-state index in [1.165, 1.54) is 18.2 Å². The van der Waals surface area contributed by atoms with E-state index in [2.05, 4.69) is 4.99 Å². The molecule has 6 nitrogen and oxygen atoms in total. The summed E-state index contributed by atoms with van der Waals surface area (Å²) in [6.07, 6.45) is 0. The van der Waals surface area contributed by atoms with Crippen LogP contribution < -0.4 is 10.5 Å². The molecule has 0 aromatic heterocycles. The third kappa shape index (κ3) is 2.11. The number of halogens is 1. The lowest BCUT2D eigenvalue weighted by atomic mass is 10.2. The second kappa shape index (κ2) is 4.01. The second-order valence-electron chi connectivity index (χ2n) is 3.35. The first kappa shape index (κ1) is 11.9. The molecule has 0 spiro atoms. The third-order valence-electron chi connectivity index (χ3n) is 2.14. The van der Waals surface area contributed by atoms with Crippen LogP contribution >= 0.6 is 11.6 Å². The van der Waals surface area contributed by atoms with Crippen LogP contribution in [0.25, 0.3) is 0 Å². The first-order valence-electron chi connectivity index (χ1n) is 4.54. The fourth-order valence-corrected chi connectivity index (χ4v) is 2.67. The Hall–Kier alpha value is -1.60. The number of aliphatic imine (C=N–C) groups is 1. The average molecular weight is 274 g/mol. The SMILES string of the molecule is NC(CCl)=Nc1ccc2c(c1)S(=O)(=O)NC2=O. The molecular formula is C9H8ClN3O3S. The van der Waals surface area contributed by atoms with Crippen LogP contribution in [0, 0.1) is 0 Å². The first-order chi connectivity index (χ1) is 7.94. The number of carbonyl (C=O) groups is 1. The molecule has 17 heavy (non-hydrogen) atoms. The number of hydrogen-bond acceptors (Lipinski definition) is 4. The molecule has 0 radical (unpaired) electrons. The molecule has 2 rings (SSSR count). The number of rotatable bonds is 2. The number of sulfonamides is 1. The van der Waals surface area contributed by atoms with Crippen molar-refractivity contribution >= 4 is 39.1 Å². The number of carbonyl (C=O) groups excluding carboxylic acids is 1. The molecular weight excluding hydrogens is 266 g/mol. The van der Waals surface area contributed by atoms with Gasteiger partial charge in [0.2, 0.25) is 0 Å². The monoisotopic (exact) mass is 273 g/mol. The Morgan fingerprint density at radius 2 is 2.18 bits per heavy atom. The minimum Gasteiger partial charge on any atom is -0.386 e. The molecule has 1 amide bonds. The minimum atomic E-state index is -3.76. The molecule has 3 N–H and O–H groups in total. The summed E-state index contributed by atoms with van der Waals surface area (Å²) in [5.41, 5.74) is 5.87. The lowest BCUT2D eigenvalue weighted by molar-refractivity contribution is 0.0985. The summed E-state index contributed by atoms with van der Waals surface area (Å²) in [6.45, 7) is 0. The zero-order valence-corrected chi connectivity index (χ0v) is 10.0. The van der Waals surface area contributed by atoms with Gasteiger partial charge in [0, 0.05) is 0 Å². The van der Waals surface area contributed by atoms with E-state index in [9.17, 15) is 13.2 Å². The summed E-state index contributed by atoms with van der Waals surface area (Å²) in [5.74, 6) is -0.428. The highest BCUT2D eigenvalue weighted by Gasteiger charge is 2.32. The zero-order valence-electron chi connectivity index (χ0n) is 8.47. The van der Waals surface area contributed by atoms with Crippen LogP contribution in [0.3, 0.4) is 0 Å². The summed E-state index contributed by atoms with van der Waals surface area (Å²) in [4.78, 5) is 15.1. The summed E-state index contributed by atoms with van der Waals surface area (Å²) >= 11 is 5.46. The maximum Gasteiger partial charge on any atom is 0.266 e. The van der Waals surface area contributed by atoms with Crippen LogP contribution in [0.1, 0.15) is 10.4 Å². The molecule has 90 valence electrons. The Balaban J connectivity index is 2.56. The molecule has 0 aliphatic carbocycles. The smallest absolute Gasteiger partial charge is 0.266 e. The molecule has 1 aromatic rings. The molecule has 1 heterocycles. The van der Waals surface area contributed by atoms with E-state index in [1.54, 1.807) is 0 Å². The maximum absolute atomic E-state index is 11.5. The molecule has 1 aliphatic rings. The van der Waals surface area contributed by atoms with Crippen molar-refractivity contribution in [3.63, 3.8) is 0 Å². The second-order valence-corrected chi connectivity index (χ2v) is 5.27. The van der Waals surface area contributed by atoms with E-state index in [-0.39, 0.29) is 22.2 Å². The van der Waals surface area contributed by atoms with E-state index in [1.807, 2.05) is 4.72 Å². The fraction of sp³-hybridized carbons (Fsp3) is 0.111. The molecule has 0 fully saturated rings. The number of fused-ring (bicyclic) bond motifs is 1. The highest BCUT2D eigenvalue weighted by atomic mass is 35.5. The van der Waals surface area contributed by atoms with E-state index in [0.717, 1.165) is 0 Å².